The van der Waals surface area contributed by atoms with Crippen molar-refractivity contribution in [2.45, 2.75) is 18.8 Å². The third kappa shape index (κ3) is 1.63. The molecule has 2 aromatic rings. The zero-order valence-electron chi connectivity index (χ0n) is 8.55. The molecule has 1 aliphatic rings. The molecule has 0 unspecified atom stereocenters. The fourth-order valence-corrected chi connectivity index (χ4v) is 1.50. The predicted molar refractivity (Wildman–Crippen MR) is 57.3 cm³/mol. The highest BCUT2D eigenvalue weighted by molar-refractivity contribution is 5.57. The molecule has 0 amide bonds. The highest BCUT2D eigenvalue weighted by Gasteiger charge is 2.28. The maximum absolute atomic E-state index is 5.28. The molecule has 0 radical (unpaired) electrons. The molecule has 0 atom stereocenters. The van der Waals surface area contributed by atoms with Crippen LogP contribution in [-0.4, -0.2) is 15.1 Å². The Balaban J connectivity index is 1.93. The number of hydrogen-bond donors (Lipinski definition) is 2. The van der Waals surface area contributed by atoms with Crippen LogP contribution >= 0.6 is 0 Å². The van der Waals surface area contributed by atoms with Gasteiger partial charge in [0.25, 0.3) is 5.89 Å². The van der Waals surface area contributed by atoms with Crippen LogP contribution in [0.15, 0.2) is 22.9 Å². The molecule has 1 saturated carbocycles. The first-order valence-electron chi connectivity index (χ1n) is 5.13. The Bertz CT molecular complexity index is 505. The Hall–Kier alpha value is -1.95. The molecular weight excluding hydrogens is 206 g/mol. The van der Waals surface area contributed by atoms with Crippen LogP contribution in [0, 0.1) is 0 Å². The van der Waals surface area contributed by atoms with Gasteiger partial charge in [-0.3, -0.25) is 0 Å². The number of pyridine rings is 1. The maximum atomic E-state index is 5.28. The number of nitrogens with one attached hydrogen (secondary N) is 1. The minimum atomic E-state index is 0.492. The third-order valence-corrected chi connectivity index (χ3v) is 2.54. The van der Waals surface area contributed by atoms with Crippen molar-refractivity contribution in [2.24, 2.45) is 5.84 Å². The summed E-state index contributed by atoms with van der Waals surface area (Å²) in [5, 5.41) is 3.95. The van der Waals surface area contributed by atoms with Crippen molar-refractivity contribution in [3.63, 3.8) is 0 Å². The summed E-state index contributed by atoms with van der Waals surface area (Å²) >= 11 is 0. The molecule has 6 nitrogen and oxygen atoms in total. The average molecular weight is 217 g/mol. The number of aromatic nitrogens is 3. The molecule has 2 heterocycles. The monoisotopic (exact) mass is 217 g/mol. The summed E-state index contributed by atoms with van der Waals surface area (Å²) in [5.41, 5.74) is 3.30. The van der Waals surface area contributed by atoms with Crippen molar-refractivity contribution in [1.82, 2.24) is 15.1 Å². The largest absolute Gasteiger partial charge is 0.334 e. The van der Waals surface area contributed by atoms with E-state index in [1.165, 1.54) is 0 Å². The van der Waals surface area contributed by atoms with Gasteiger partial charge in [-0.25, -0.2) is 10.8 Å². The Morgan fingerprint density at radius 3 is 3.06 bits per heavy atom. The topological polar surface area (TPSA) is 89.9 Å². The van der Waals surface area contributed by atoms with E-state index in [2.05, 4.69) is 20.6 Å². The standard InChI is InChI=1S/C10H11N5O/c11-14-8-5-7(3-4-12-8)10-13-9(15-16-10)6-1-2-6/h3-6H,1-2,11H2,(H,12,14). The molecule has 0 saturated heterocycles. The van der Waals surface area contributed by atoms with Gasteiger partial charge in [0.2, 0.25) is 0 Å². The summed E-state index contributed by atoms with van der Waals surface area (Å²) in [7, 11) is 0. The SMILES string of the molecule is NNc1cc(-c2nc(C3CC3)no2)ccn1. The van der Waals surface area contributed by atoms with Crippen LogP contribution in [-0.2, 0) is 0 Å². The summed E-state index contributed by atoms with van der Waals surface area (Å²) < 4.78 is 5.19. The van der Waals surface area contributed by atoms with E-state index >= 15 is 0 Å². The zero-order valence-corrected chi connectivity index (χ0v) is 8.55. The molecule has 0 bridgehead atoms. The number of hydrogen-bond acceptors (Lipinski definition) is 6. The molecule has 2 aromatic heterocycles. The van der Waals surface area contributed by atoms with Crippen LogP contribution in [0.25, 0.3) is 11.5 Å². The van der Waals surface area contributed by atoms with Crippen LogP contribution in [0.4, 0.5) is 5.82 Å². The Kier molecular flexibility index (Phi) is 2.07. The molecule has 3 N–H and O–H groups in total. The zero-order chi connectivity index (χ0) is 11.0. The lowest BCUT2D eigenvalue weighted by molar-refractivity contribution is 0.422. The third-order valence-electron chi connectivity index (χ3n) is 2.54. The lowest BCUT2D eigenvalue weighted by Gasteiger charge is -1.98. The average Bonchev–Trinajstić information content (AvgIpc) is 3.07. The molecule has 6 heteroatoms. The molecule has 16 heavy (non-hydrogen) atoms. The van der Waals surface area contributed by atoms with Crippen molar-refractivity contribution in [2.75, 3.05) is 5.43 Å². The van der Waals surface area contributed by atoms with Crippen molar-refractivity contribution in [3.8, 4) is 11.5 Å². The van der Waals surface area contributed by atoms with Gasteiger partial charge in [-0.15, -0.1) is 0 Å². The number of anilines is 1. The van der Waals surface area contributed by atoms with E-state index in [9.17, 15) is 0 Å². The van der Waals surface area contributed by atoms with E-state index in [-0.39, 0.29) is 0 Å². The van der Waals surface area contributed by atoms with Crippen LogP contribution < -0.4 is 11.3 Å². The number of nitrogens with zero attached hydrogens (tertiary/aromatic N) is 3. The van der Waals surface area contributed by atoms with Gasteiger partial charge in [0.1, 0.15) is 5.82 Å². The van der Waals surface area contributed by atoms with E-state index in [0.717, 1.165) is 24.2 Å². The minimum Gasteiger partial charge on any atom is -0.334 e. The summed E-state index contributed by atoms with van der Waals surface area (Å²) in [5.74, 6) is 7.66. The van der Waals surface area contributed by atoms with E-state index in [0.29, 0.717) is 17.6 Å². The van der Waals surface area contributed by atoms with E-state index < -0.39 is 0 Å². The summed E-state index contributed by atoms with van der Waals surface area (Å²) in [6.07, 6.45) is 3.96. The minimum absolute atomic E-state index is 0.492. The number of nitrogen functional groups attached to an aromatic ring is 1. The molecule has 1 fully saturated rings. The summed E-state index contributed by atoms with van der Waals surface area (Å²) in [6, 6.07) is 3.58. The van der Waals surface area contributed by atoms with Gasteiger partial charge in [0.15, 0.2) is 5.82 Å². The lowest BCUT2D eigenvalue weighted by atomic mass is 10.2. The molecule has 0 spiro atoms. The van der Waals surface area contributed by atoms with Crippen LogP contribution in [0.3, 0.4) is 0 Å². The molecule has 82 valence electrons. The Morgan fingerprint density at radius 1 is 1.44 bits per heavy atom. The predicted octanol–water partition coefficient (Wildman–Crippen LogP) is 1.29. The van der Waals surface area contributed by atoms with Gasteiger partial charge in [-0.2, -0.15) is 4.98 Å². The maximum Gasteiger partial charge on any atom is 0.258 e. The Labute approximate surface area is 91.8 Å². The fraction of sp³-hybridized carbons (Fsp3) is 0.300. The first-order chi connectivity index (χ1) is 7.86. The molecule has 3 rings (SSSR count). The summed E-state index contributed by atoms with van der Waals surface area (Å²) in [6.45, 7) is 0. The second kappa shape index (κ2) is 3.57. The van der Waals surface area contributed by atoms with Crippen molar-refractivity contribution >= 4 is 5.82 Å². The number of nitrogens with two attached hydrogens (primary N) is 1. The van der Waals surface area contributed by atoms with Crippen molar-refractivity contribution in [1.29, 1.82) is 0 Å². The normalized spacial score (nSPS) is 15.1. The van der Waals surface area contributed by atoms with Gasteiger partial charge < -0.3 is 9.95 Å². The van der Waals surface area contributed by atoms with E-state index in [1.54, 1.807) is 12.3 Å². The van der Waals surface area contributed by atoms with Crippen molar-refractivity contribution < 1.29 is 4.52 Å². The second-order valence-corrected chi connectivity index (χ2v) is 3.81. The lowest BCUT2D eigenvalue weighted by Crippen LogP contribution is -2.08. The number of hydrazine groups is 1. The van der Waals surface area contributed by atoms with Crippen molar-refractivity contribution in [3.05, 3.63) is 24.2 Å². The van der Waals surface area contributed by atoms with Gasteiger partial charge in [-0.05, 0) is 25.0 Å². The molecular formula is C10H11N5O. The smallest absolute Gasteiger partial charge is 0.258 e. The highest BCUT2D eigenvalue weighted by atomic mass is 16.5. The van der Waals surface area contributed by atoms with Gasteiger partial charge in [0.05, 0.1) is 0 Å². The quantitative estimate of drug-likeness (QED) is 0.594. The highest BCUT2D eigenvalue weighted by Crippen LogP contribution is 2.38. The van der Waals surface area contributed by atoms with E-state index in [1.807, 2.05) is 6.07 Å². The van der Waals surface area contributed by atoms with Crippen LogP contribution in [0.1, 0.15) is 24.6 Å². The van der Waals surface area contributed by atoms with Gasteiger partial charge >= 0.3 is 0 Å². The first kappa shape index (κ1) is 9.29. The van der Waals surface area contributed by atoms with E-state index in [4.69, 9.17) is 10.4 Å². The molecule has 1 aliphatic carbocycles. The second-order valence-electron chi connectivity index (χ2n) is 3.81. The number of rotatable bonds is 3. The van der Waals surface area contributed by atoms with Gasteiger partial charge in [-0.1, -0.05) is 5.16 Å². The van der Waals surface area contributed by atoms with Gasteiger partial charge in [0, 0.05) is 17.7 Å². The molecule has 0 aliphatic heterocycles. The Morgan fingerprint density at radius 2 is 2.31 bits per heavy atom. The first-order valence-corrected chi connectivity index (χ1v) is 5.13. The fourth-order valence-electron chi connectivity index (χ4n) is 1.50. The molecule has 0 aromatic carbocycles. The van der Waals surface area contributed by atoms with Crippen LogP contribution in [0.5, 0.6) is 0 Å². The summed E-state index contributed by atoms with van der Waals surface area (Å²) in [4.78, 5) is 8.36. The van der Waals surface area contributed by atoms with Crippen LogP contribution in [0.2, 0.25) is 0 Å².